The van der Waals surface area contributed by atoms with E-state index in [1.807, 2.05) is 30.3 Å². The van der Waals surface area contributed by atoms with Crippen molar-refractivity contribution in [2.75, 3.05) is 29.1 Å². The SMILES string of the molecule is O=C(Nc1ccccc1)N1CCC2(CC1)SCC(=O)N2c1ccc(F)cc1. The number of hydrogen-bond donors (Lipinski definition) is 1. The van der Waals surface area contributed by atoms with Gasteiger partial charge in [-0.1, -0.05) is 18.2 Å². The highest BCUT2D eigenvalue weighted by molar-refractivity contribution is 8.02. The number of nitrogens with zero attached hydrogens (tertiary/aromatic N) is 2. The Morgan fingerprint density at radius 1 is 1.04 bits per heavy atom. The molecular formula is C20H20FN3O2S. The van der Waals surface area contributed by atoms with E-state index in [2.05, 4.69) is 5.32 Å². The third kappa shape index (κ3) is 3.51. The average molecular weight is 385 g/mol. The fourth-order valence-electron chi connectivity index (χ4n) is 3.67. The number of rotatable bonds is 2. The molecule has 27 heavy (non-hydrogen) atoms. The zero-order valence-electron chi connectivity index (χ0n) is 14.7. The molecule has 5 nitrogen and oxygen atoms in total. The van der Waals surface area contributed by atoms with E-state index in [-0.39, 0.29) is 22.6 Å². The number of carbonyl (C=O) groups excluding carboxylic acids is 2. The van der Waals surface area contributed by atoms with E-state index >= 15 is 0 Å². The second-order valence-electron chi connectivity index (χ2n) is 6.72. The summed E-state index contributed by atoms with van der Waals surface area (Å²) in [5, 5.41) is 2.91. The van der Waals surface area contributed by atoms with Crippen molar-refractivity contribution in [1.29, 1.82) is 0 Å². The molecule has 2 fully saturated rings. The van der Waals surface area contributed by atoms with Crippen molar-refractivity contribution in [3.05, 3.63) is 60.4 Å². The van der Waals surface area contributed by atoms with Crippen LogP contribution in [-0.4, -0.2) is 40.6 Å². The Kier molecular flexibility index (Phi) is 4.78. The molecule has 1 N–H and O–H groups in total. The summed E-state index contributed by atoms with van der Waals surface area (Å²) < 4.78 is 13.3. The Morgan fingerprint density at radius 2 is 1.70 bits per heavy atom. The van der Waals surface area contributed by atoms with Crippen LogP contribution in [0.1, 0.15) is 12.8 Å². The summed E-state index contributed by atoms with van der Waals surface area (Å²) in [7, 11) is 0. The van der Waals surface area contributed by atoms with Crippen LogP contribution in [0.4, 0.5) is 20.6 Å². The third-order valence-electron chi connectivity index (χ3n) is 5.06. The van der Waals surface area contributed by atoms with Gasteiger partial charge in [-0.15, -0.1) is 11.8 Å². The molecule has 140 valence electrons. The summed E-state index contributed by atoms with van der Waals surface area (Å²) in [6.07, 6.45) is 1.37. The van der Waals surface area contributed by atoms with Gasteiger partial charge in [0.1, 0.15) is 5.82 Å². The van der Waals surface area contributed by atoms with Crippen LogP contribution in [0.2, 0.25) is 0 Å². The first kappa shape index (κ1) is 17.9. The third-order valence-corrected chi connectivity index (χ3v) is 6.58. The molecule has 2 aromatic rings. The van der Waals surface area contributed by atoms with Crippen LogP contribution < -0.4 is 10.2 Å². The highest BCUT2D eigenvalue weighted by atomic mass is 32.2. The van der Waals surface area contributed by atoms with Crippen molar-refractivity contribution in [3.8, 4) is 0 Å². The molecule has 2 aromatic carbocycles. The second-order valence-corrected chi connectivity index (χ2v) is 8.06. The summed E-state index contributed by atoms with van der Waals surface area (Å²) in [6, 6.07) is 15.3. The van der Waals surface area contributed by atoms with Gasteiger partial charge in [-0.05, 0) is 49.2 Å². The molecule has 0 unspecified atom stereocenters. The van der Waals surface area contributed by atoms with Gasteiger partial charge in [-0.2, -0.15) is 0 Å². The second kappa shape index (κ2) is 7.23. The largest absolute Gasteiger partial charge is 0.324 e. The van der Waals surface area contributed by atoms with Crippen molar-refractivity contribution < 1.29 is 14.0 Å². The number of halogens is 1. The van der Waals surface area contributed by atoms with Crippen LogP contribution in [0.3, 0.4) is 0 Å². The van der Waals surface area contributed by atoms with Crippen LogP contribution in [0.5, 0.6) is 0 Å². The van der Waals surface area contributed by atoms with Crippen molar-refractivity contribution >= 4 is 35.1 Å². The first-order chi connectivity index (χ1) is 13.1. The number of likely N-dealkylation sites (tertiary alicyclic amines) is 1. The Balaban J connectivity index is 1.46. The number of thioether (sulfide) groups is 1. The number of anilines is 2. The fourth-order valence-corrected chi connectivity index (χ4v) is 5.00. The molecule has 7 heteroatoms. The standard InChI is InChI=1S/C20H20FN3O2S/c21-15-6-8-17(9-7-15)24-18(25)14-27-20(24)10-12-23(13-11-20)19(26)22-16-4-2-1-3-5-16/h1-9H,10-14H2,(H,22,26). The van der Waals surface area contributed by atoms with Gasteiger partial charge in [0.2, 0.25) is 5.91 Å². The first-order valence-electron chi connectivity index (χ1n) is 8.91. The van der Waals surface area contributed by atoms with Crippen molar-refractivity contribution in [1.82, 2.24) is 4.90 Å². The van der Waals surface area contributed by atoms with Gasteiger partial charge < -0.3 is 10.2 Å². The summed E-state index contributed by atoms with van der Waals surface area (Å²) in [5.74, 6) is 0.126. The smallest absolute Gasteiger partial charge is 0.321 e. The molecule has 2 aliphatic rings. The van der Waals surface area contributed by atoms with Crippen LogP contribution in [-0.2, 0) is 4.79 Å². The highest BCUT2D eigenvalue weighted by Gasteiger charge is 2.49. The lowest BCUT2D eigenvalue weighted by Crippen LogP contribution is -2.53. The van der Waals surface area contributed by atoms with Crippen molar-refractivity contribution in [3.63, 3.8) is 0 Å². The predicted molar refractivity (Wildman–Crippen MR) is 105 cm³/mol. The fraction of sp³-hybridized carbons (Fsp3) is 0.300. The van der Waals surface area contributed by atoms with E-state index in [0.717, 1.165) is 5.69 Å². The zero-order chi connectivity index (χ0) is 18.9. The lowest BCUT2D eigenvalue weighted by molar-refractivity contribution is -0.116. The maximum Gasteiger partial charge on any atom is 0.321 e. The number of urea groups is 1. The molecule has 0 aromatic heterocycles. The number of benzene rings is 2. The minimum Gasteiger partial charge on any atom is -0.324 e. The number of nitrogens with one attached hydrogen (secondary N) is 1. The number of carbonyl (C=O) groups is 2. The molecule has 0 bridgehead atoms. The maximum atomic E-state index is 13.3. The van der Waals surface area contributed by atoms with Gasteiger partial charge in [-0.3, -0.25) is 9.69 Å². The topological polar surface area (TPSA) is 52.7 Å². The minimum absolute atomic E-state index is 0.0359. The molecule has 1 spiro atoms. The monoisotopic (exact) mass is 385 g/mol. The van der Waals surface area contributed by atoms with Crippen LogP contribution in [0.25, 0.3) is 0 Å². The molecule has 0 saturated carbocycles. The molecule has 0 atom stereocenters. The minimum atomic E-state index is -0.363. The maximum absolute atomic E-state index is 13.3. The summed E-state index contributed by atoms with van der Waals surface area (Å²) in [6.45, 7) is 1.13. The van der Waals surface area contributed by atoms with E-state index in [1.165, 1.54) is 12.1 Å². The Labute approximate surface area is 161 Å². The van der Waals surface area contributed by atoms with E-state index in [1.54, 1.807) is 33.7 Å². The molecule has 2 heterocycles. The van der Waals surface area contributed by atoms with Crippen LogP contribution in [0.15, 0.2) is 54.6 Å². The van der Waals surface area contributed by atoms with Crippen LogP contribution >= 0.6 is 11.8 Å². The zero-order valence-corrected chi connectivity index (χ0v) is 15.5. The Hall–Kier alpha value is -2.54. The first-order valence-corrected chi connectivity index (χ1v) is 9.90. The molecule has 3 amide bonds. The Morgan fingerprint density at radius 3 is 2.37 bits per heavy atom. The molecule has 0 radical (unpaired) electrons. The highest BCUT2D eigenvalue weighted by Crippen LogP contribution is 2.46. The quantitative estimate of drug-likeness (QED) is 0.852. The predicted octanol–water partition coefficient (Wildman–Crippen LogP) is 3.93. The van der Waals surface area contributed by atoms with E-state index < -0.39 is 0 Å². The summed E-state index contributed by atoms with van der Waals surface area (Å²) >= 11 is 1.62. The van der Waals surface area contributed by atoms with E-state index in [0.29, 0.717) is 37.4 Å². The number of amides is 3. The lowest BCUT2D eigenvalue weighted by Gasteiger charge is -2.43. The average Bonchev–Trinajstić information content (AvgIpc) is 3.00. The molecule has 4 rings (SSSR count). The molecule has 2 saturated heterocycles. The normalized spacial score (nSPS) is 18.8. The Bertz CT molecular complexity index is 836. The number of para-hydroxylation sites is 1. The number of piperidine rings is 1. The van der Waals surface area contributed by atoms with Gasteiger partial charge in [-0.25, -0.2) is 9.18 Å². The van der Waals surface area contributed by atoms with Gasteiger partial charge in [0, 0.05) is 24.5 Å². The molecule has 0 aliphatic carbocycles. The van der Waals surface area contributed by atoms with Crippen molar-refractivity contribution in [2.24, 2.45) is 0 Å². The van der Waals surface area contributed by atoms with E-state index in [4.69, 9.17) is 0 Å². The van der Waals surface area contributed by atoms with Crippen molar-refractivity contribution in [2.45, 2.75) is 17.7 Å². The molecular weight excluding hydrogens is 365 g/mol. The van der Waals surface area contributed by atoms with Gasteiger partial charge in [0.15, 0.2) is 0 Å². The lowest BCUT2D eigenvalue weighted by atomic mass is 10.0. The summed E-state index contributed by atoms with van der Waals surface area (Å²) in [5.41, 5.74) is 1.48. The van der Waals surface area contributed by atoms with Gasteiger partial charge >= 0.3 is 6.03 Å². The van der Waals surface area contributed by atoms with Gasteiger partial charge in [0.05, 0.1) is 10.6 Å². The van der Waals surface area contributed by atoms with Gasteiger partial charge in [0.25, 0.3) is 0 Å². The number of hydrogen-bond acceptors (Lipinski definition) is 3. The summed E-state index contributed by atoms with van der Waals surface area (Å²) in [4.78, 5) is 28.2. The van der Waals surface area contributed by atoms with Crippen LogP contribution in [0, 0.1) is 5.82 Å². The van der Waals surface area contributed by atoms with E-state index in [9.17, 15) is 14.0 Å². The molecule has 2 aliphatic heterocycles.